The Kier molecular flexibility index (Phi) is 9.13. The van der Waals surface area contributed by atoms with Gasteiger partial charge in [0.1, 0.15) is 6.04 Å². The van der Waals surface area contributed by atoms with Gasteiger partial charge in [-0.3, -0.25) is 4.79 Å². The first-order valence-corrected chi connectivity index (χ1v) is 3.42. The zero-order valence-electron chi connectivity index (χ0n) is 5.70. The Balaban J connectivity index is 0. The SMILES string of the molecule is CCN[C@@H](CS)C(=O)O.Cl. The third-order valence-electron chi connectivity index (χ3n) is 0.931. The molecule has 0 aliphatic rings. The Morgan fingerprint density at radius 3 is 2.40 bits per heavy atom. The van der Waals surface area contributed by atoms with E-state index >= 15 is 0 Å². The average molecular weight is 186 g/mol. The Labute approximate surface area is 72.0 Å². The second kappa shape index (κ2) is 7.18. The highest BCUT2D eigenvalue weighted by atomic mass is 35.5. The van der Waals surface area contributed by atoms with Crippen LogP contribution in [0, 0.1) is 0 Å². The summed E-state index contributed by atoms with van der Waals surface area (Å²) in [7, 11) is 0. The lowest BCUT2D eigenvalue weighted by atomic mass is 10.3. The van der Waals surface area contributed by atoms with Crippen LogP contribution in [0.25, 0.3) is 0 Å². The molecule has 5 heteroatoms. The maximum absolute atomic E-state index is 10.2. The lowest BCUT2D eigenvalue weighted by Gasteiger charge is -2.07. The molecule has 0 aromatic rings. The Morgan fingerprint density at radius 1 is 1.80 bits per heavy atom. The van der Waals surface area contributed by atoms with Crippen LogP contribution in [0.5, 0.6) is 0 Å². The molecule has 0 fully saturated rings. The quantitative estimate of drug-likeness (QED) is 0.556. The summed E-state index contributed by atoms with van der Waals surface area (Å²) in [5.41, 5.74) is 0. The van der Waals surface area contributed by atoms with E-state index in [1.807, 2.05) is 6.92 Å². The molecule has 0 bridgehead atoms. The van der Waals surface area contributed by atoms with E-state index in [1.54, 1.807) is 0 Å². The first kappa shape index (κ1) is 12.7. The maximum atomic E-state index is 10.2. The molecule has 0 saturated heterocycles. The number of rotatable bonds is 4. The Morgan fingerprint density at radius 2 is 2.30 bits per heavy atom. The molecular weight excluding hydrogens is 174 g/mol. The topological polar surface area (TPSA) is 49.3 Å². The fraction of sp³-hybridized carbons (Fsp3) is 0.800. The van der Waals surface area contributed by atoms with Crippen LogP contribution in [0.2, 0.25) is 0 Å². The van der Waals surface area contributed by atoms with Gasteiger partial charge in [-0.05, 0) is 6.54 Å². The number of aliphatic carboxylic acids is 1. The number of carboxylic acid groups (broad SMARTS) is 1. The van der Waals surface area contributed by atoms with Crippen molar-refractivity contribution in [2.45, 2.75) is 13.0 Å². The highest BCUT2D eigenvalue weighted by Crippen LogP contribution is 1.86. The number of nitrogens with one attached hydrogen (secondary N) is 1. The first-order chi connectivity index (χ1) is 4.22. The van der Waals surface area contributed by atoms with Crippen LogP contribution in [-0.4, -0.2) is 29.4 Å². The number of thiol groups is 1. The number of halogens is 1. The van der Waals surface area contributed by atoms with Crippen molar-refractivity contribution < 1.29 is 9.90 Å². The summed E-state index contributed by atoms with van der Waals surface area (Å²) in [6.45, 7) is 2.52. The van der Waals surface area contributed by atoms with Gasteiger partial charge < -0.3 is 10.4 Å². The predicted octanol–water partition coefficient (Wildman–Crippen LogP) is 0.401. The van der Waals surface area contributed by atoms with Crippen LogP contribution in [0.3, 0.4) is 0 Å². The van der Waals surface area contributed by atoms with Crippen molar-refractivity contribution in [3.8, 4) is 0 Å². The summed E-state index contributed by atoms with van der Waals surface area (Å²) in [4.78, 5) is 10.2. The van der Waals surface area contributed by atoms with E-state index in [-0.39, 0.29) is 12.4 Å². The standard InChI is InChI=1S/C5H11NO2S.ClH/c1-2-6-4(3-9)5(7)8;/h4,6,9H,2-3H2,1H3,(H,7,8);1H/t4-;/m0./s1. The fourth-order valence-corrected chi connectivity index (χ4v) is 0.762. The summed E-state index contributed by atoms with van der Waals surface area (Å²) < 4.78 is 0. The van der Waals surface area contributed by atoms with Crippen molar-refractivity contribution >= 4 is 31.0 Å². The third-order valence-corrected chi connectivity index (χ3v) is 1.30. The van der Waals surface area contributed by atoms with Gasteiger partial charge in [-0.2, -0.15) is 12.6 Å². The van der Waals surface area contributed by atoms with Gasteiger partial charge in [-0.15, -0.1) is 12.4 Å². The molecule has 0 saturated carbocycles. The monoisotopic (exact) mass is 185 g/mol. The van der Waals surface area contributed by atoms with Gasteiger partial charge >= 0.3 is 5.97 Å². The van der Waals surface area contributed by atoms with Crippen LogP contribution in [-0.2, 0) is 4.79 Å². The zero-order chi connectivity index (χ0) is 7.28. The van der Waals surface area contributed by atoms with Crippen molar-refractivity contribution in [2.75, 3.05) is 12.3 Å². The van der Waals surface area contributed by atoms with E-state index < -0.39 is 12.0 Å². The molecule has 2 N–H and O–H groups in total. The average Bonchev–Trinajstić information content (AvgIpc) is 1.82. The number of carboxylic acids is 1. The van der Waals surface area contributed by atoms with E-state index in [9.17, 15) is 4.79 Å². The van der Waals surface area contributed by atoms with Gasteiger partial charge in [0.25, 0.3) is 0 Å². The first-order valence-electron chi connectivity index (χ1n) is 2.79. The van der Waals surface area contributed by atoms with Gasteiger partial charge in [0.15, 0.2) is 0 Å². The molecule has 0 aromatic carbocycles. The van der Waals surface area contributed by atoms with Gasteiger partial charge in [0.2, 0.25) is 0 Å². The van der Waals surface area contributed by atoms with Crippen molar-refractivity contribution in [1.82, 2.24) is 5.32 Å². The van der Waals surface area contributed by atoms with Gasteiger partial charge in [-0.25, -0.2) is 0 Å². The largest absolute Gasteiger partial charge is 0.480 e. The molecule has 0 amide bonds. The van der Waals surface area contributed by atoms with Crippen molar-refractivity contribution in [3.63, 3.8) is 0 Å². The molecule has 0 aromatic heterocycles. The molecule has 0 aliphatic heterocycles. The molecule has 1 atom stereocenters. The van der Waals surface area contributed by atoms with Crippen LogP contribution in [0.15, 0.2) is 0 Å². The van der Waals surface area contributed by atoms with E-state index in [0.717, 1.165) is 0 Å². The normalized spacial score (nSPS) is 11.8. The lowest BCUT2D eigenvalue weighted by Crippen LogP contribution is -2.37. The predicted molar refractivity (Wildman–Crippen MR) is 46.2 cm³/mol. The molecular formula is C5H12ClNO2S. The molecule has 0 radical (unpaired) electrons. The molecule has 10 heavy (non-hydrogen) atoms. The smallest absolute Gasteiger partial charge is 0.321 e. The van der Waals surface area contributed by atoms with Crippen molar-refractivity contribution in [1.29, 1.82) is 0 Å². The highest BCUT2D eigenvalue weighted by Gasteiger charge is 2.11. The summed E-state index contributed by atoms with van der Waals surface area (Å²) >= 11 is 3.85. The number of carbonyl (C=O) groups is 1. The Hall–Kier alpha value is 0.0700. The van der Waals surface area contributed by atoms with E-state index in [4.69, 9.17) is 5.11 Å². The van der Waals surface area contributed by atoms with Gasteiger partial charge in [0.05, 0.1) is 0 Å². The fourth-order valence-electron chi connectivity index (χ4n) is 0.476. The molecule has 62 valence electrons. The molecule has 0 rings (SSSR count). The van der Waals surface area contributed by atoms with Crippen LogP contribution in [0.4, 0.5) is 0 Å². The molecule has 0 unspecified atom stereocenters. The molecule has 0 heterocycles. The second-order valence-corrected chi connectivity index (χ2v) is 2.00. The van der Waals surface area contributed by atoms with E-state index in [1.165, 1.54) is 0 Å². The molecule has 0 spiro atoms. The molecule has 0 aliphatic carbocycles. The molecule has 3 nitrogen and oxygen atoms in total. The van der Waals surface area contributed by atoms with Crippen molar-refractivity contribution in [3.05, 3.63) is 0 Å². The van der Waals surface area contributed by atoms with Gasteiger partial charge in [0, 0.05) is 5.75 Å². The minimum atomic E-state index is -0.841. The minimum Gasteiger partial charge on any atom is -0.480 e. The summed E-state index contributed by atoms with van der Waals surface area (Å²) in [6.07, 6.45) is 0. The van der Waals surface area contributed by atoms with Crippen LogP contribution < -0.4 is 5.32 Å². The summed E-state index contributed by atoms with van der Waals surface area (Å²) in [6, 6.07) is -0.502. The number of likely N-dealkylation sites (N-methyl/N-ethyl adjacent to an activating group) is 1. The van der Waals surface area contributed by atoms with Gasteiger partial charge in [-0.1, -0.05) is 6.92 Å². The second-order valence-electron chi connectivity index (χ2n) is 1.63. The zero-order valence-corrected chi connectivity index (χ0v) is 7.41. The van der Waals surface area contributed by atoms with Crippen LogP contribution in [0.1, 0.15) is 6.92 Å². The van der Waals surface area contributed by atoms with E-state index in [0.29, 0.717) is 12.3 Å². The maximum Gasteiger partial charge on any atom is 0.321 e. The third kappa shape index (κ3) is 4.90. The van der Waals surface area contributed by atoms with Crippen molar-refractivity contribution in [2.24, 2.45) is 0 Å². The summed E-state index contributed by atoms with van der Waals surface area (Å²) in [5, 5.41) is 11.1. The van der Waals surface area contributed by atoms with E-state index in [2.05, 4.69) is 17.9 Å². The lowest BCUT2D eigenvalue weighted by molar-refractivity contribution is -0.138. The van der Waals surface area contributed by atoms with Crippen LogP contribution >= 0.6 is 25.0 Å². The number of hydrogen-bond acceptors (Lipinski definition) is 3. The summed E-state index contributed by atoms with van der Waals surface area (Å²) in [5.74, 6) is -0.504. The minimum absolute atomic E-state index is 0. The Bertz CT molecular complexity index is 102. The highest BCUT2D eigenvalue weighted by molar-refractivity contribution is 7.80. The number of hydrogen-bond donors (Lipinski definition) is 3.